The molecule has 0 atom stereocenters. The van der Waals surface area contributed by atoms with Gasteiger partial charge in [0.05, 0.1) is 19.8 Å². The number of esters is 1. The van der Waals surface area contributed by atoms with Crippen LogP contribution < -0.4 is 0 Å². The van der Waals surface area contributed by atoms with Crippen LogP contribution in [-0.2, 0) is 19.0 Å². The molecule has 138 valence electrons. The number of carbonyl (C=O) groups excluding carboxylic acids is 1. The highest BCUT2D eigenvalue weighted by Gasteiger charge is 2.02. The Morgan fingerprint density at radius 3 is 2.09 bits per heavy atom. The van der Waals surface area contributed by atoms with Crippen molar-refractivity contribution in [1.82, 2.24) is 0 Å². The van der Waals surface area contributed by atoms with Crippen LogP contribution in [0.4, 0.5) is 0 Å². The lowest BCUT2D eigenvalue weighted by Crippen LogP contribution is -2.13. The van der Waals surface area contributed by atoms with Gasteiger partial charge in [0, 0.05) is 18.9 Å². The van der Waals surface area contributed by atoms with E-state index >= 15 is 0 Å². The second-order valence-corrected chi connectivity index (χ2v) is 6.09. The molecule has 0 saturated carbocycles. The van der Waals surface area contributed by atoms with Gasteiger partial charge in [0.25, 0.3) is 0 Å². The van der Waals surface area contributed by atoms with Gasteiger partial charge in [-0.25, -0.2) is 0 Å². The highest BCUT2D eigenvalue weighted by Crippen LogP contribution is 2.05. The fourth-order valence-electron chi connectivity index (χ4n) is 2.13. The van der Waals surface area contributed by atoms with Crippen LogP contribution in [0, 0.1) is 0 Å². The van der Waals surface area contributed by atoms with Gasteiger partial charge in [-0.2, -0.15) is 0 Å². The molecule has 0 bridgehead atoms. The van der Waals surface area contributed by atoms with E-state index in [-0.39, 0.29) is 5.97 Å². The van der Waals surface area contributed by atoms with Gasteiger partial charge in [0.15, 0.2) is 0 Å². The van der Waals surface area contributed by atoms with E-state index in [1.807, 2.05) is 0 Å². The maximum Gasteiger partial charge on any atom is 0.305 e. The number of ether oxygens (including phenoxy) is 3. The van der Waals surface area contributed by atoms with E-state index in [0.717, 1.165) is 38.2 Å². The Morgan fingerprint density at radius 2 is 1.35 bits per heavy atom. The molecule has 0 aromatic rings. The molecule has 0 rings (SSSR count). The van der Waals surface area contributed by atoms with Gasteiger partial charge in [-0.3, -0.25) is 4.79 Å². The van der Waals surface area contributed by atoms with Crippen LogP contribution in [0.2, 0.25) is 0 Å². The number of rotatable bonds is 18. The highest BCUT2D eigenvalue weighted by molar-refractivity contribution is 6.17. The predicted molar refractivity (Wildman–Crippen MR) is 95.2 cm³/mol. The lowest BCUT2D eigenvalue weighted by molar-refractivity contribution is -0.145. The Balaban J connectivity index is 3.10. The zero-order chi connectivity index (χ0) is 17.0. The maximum atomic E-state index is 11.4. The summed E-state index contributed by atoms with van der Waals surface area (Å²) in [6.45, 7) is 4.89. The third-order valence-corrected chi connectivity index (χ3v) is 3.79. The number of halogens is 1. The summed E-state index contributed by atoms with van der Waals surface area (Å²) in [4.78, 5) is 11.4. The first-order chi connectivity index (χ1) is 11.3. The Bertz CT molecular complexity index is 249. The molecular weight excluding hydrogens is 316 g/mol. The third-order valence-electron chi connectivity index (χ3n) is 3.52. The monoisotopic (exact) mass is 350 g/mol. The number of carbonyl (C=O) groups is 1. The van der Waals surface area contributed by atoms with Crippen molar-refractivity contribution in [3.8, 4) is 0 Å². The Morgan fingerprint density at radius 1 is 0.739 bits per heavy atom. The Labute approximate surface area is 147 Å². The van der Waals surface area contributed by atoms with E-state index in [9.17, 15) is 4.79 Å². The topological polar surface area (TPSA) is 44.8 Å². The van der Waals surface area contributed by atoms with E-state index in [1.165, 1.54) is 32.1 Å². The van der Waals surface area contributed by atoms with Crippen molar-refractivity contribution in [2.45, 2.75) is 71.1 Å². The van der Waals surface area contributed by atoms with Gasteiger partial charge in [-0.1, -0.05) is 45.4 Å². The smallest absolute Gasteiger partial charge is 0.305 e. The number of hydrogen-bond donors (Lipinski definition) is 0. The molecule has 0 aromatic heterocycles. The Hall–Kier alpha value is -0.320. The van der Waals surface area contributed by atoms with Crippen LogP contribution in [0.15, 0.2) is 0 Å². The van der Waals surface area contributed by atoms with Crippen LogP contribution in [-0.4, -0.2) is 44.9 Å². The van der Waals surface area contributed by atoms with Crippen molar-refractivity contribution in [2.75, 3.05) is 38.9 Å². The SMILES string of the molecule is CCCCCCCC(=O)OCCOCCOCCCCCCCl. The van der Waals surface area contributed by atoms with Crippen molar-refractivity contribution in [1.29, 1.82) is 0 Å². The molecule has 23 heavy (non-hydrogen) atoms. The number of hydrogen-bond acceptors (Lipinski definition) is 4. The number of alkyl halides is 1. The van der Waals surface area contributed by atoms with Gasteiger partial charge < -0.3 is 14.2 Å². The standard InChI is InChI=1S/C18H35ClO4/c1-2-3-4-5-8-11-18(20)23-17-16-22-15-14-21-13-10-7-6-9-12-19/h2-17H2,1H3. The summed E-state index contributed by atoms with van der Waals surface area (Å²) >= 11 is 5.61. The minimum atomic E-state index is -0.113. The fraction of sp³-hybridized carbons (Fsp3) is 0.944. The van der Waals surface area contributed by atoms with Gasteiger partial charge in [-0.05, 0) is 19.3 Å². The highest BCUT2D eigenvalue weighted by atomic mass is 35.5. The zero-order valence-electron chi connectivity index (χ0n) is 14.8. The zero-order valence-corrected chi connectivity index (χ0v) is 15.6. The number of unbranched alkanes of at least 4 members (excludes halogenated alkanes) is 7. The van der Waals surface area contributed by atoms with Crippen molar-refractivity contribution in [3.63, 3.8) is 0 Å². The van der Waals surface area contributed by atoms with Crippen LogP contribution in [0.25, 0.3) is 0 Å². The molecule has 0 aliphatic carbocycles. The molecule has 0 aliphatic rings. The second-order valence-electron chi connectivity index (χ2n) is 5.71. The predicted octanol–water partition coefficient (Wildman–Crippen LogP) is 4.72. The lowest BCUT2D eigenvalue weighted by atomic mass is 10.1. The summed E-state index contributed by atoms with van der Waals surface area (Å²) in [6, 6.07) is 0. The average molecular weight is 351 g/mol. The van der Waals surface area contributed by atoms with Gasteiger partial charge in [0.1, 0.15) is 6.61 Å². The molecule has 4 nitrogen and oxygen atoms in total. The average Bonchev–Trinajstić information content (AvgIpc) is 2.55. The molecule has 0 amide bonds. The van der Waals surface area contributed by atoms with E-state index in [4.69, 9.17) is 25.8 Å². The van der Waals surface area contributed by atoms with Crippen LogP contribution >= 0.6 is 11.6 Å². The molecule has 0 spiro atoms. The summed E-state index contributed by atoms with van der Waals surface area (Å²) in [5, 5.41) is 0. The molecule has 0 unspecified atom stereocenters. The van der Waals surface area contributed by atoms with Crippen LogP contribution in [0.3, 0.4) is 0 Å². The molecule has 0 radical (unpaired) electrons. The van der Waals surface area contributed by atoms with Crippen molar-refractivity contribution < 1.29 is 19.0 Å². The van der Waals surface area contributed by atoms with E-state index in [1.54, 1.807) is 0 Å². The van der Waals surface area contributed by atoms with Crippen molar-refractivity contribution in [3.05, 3.63) is 0 Å². The molecule has 0 heterocycles. The minimum absolute atomic E-state index is 0.113. The summed E-state index contributed by atoms with van der Waals surface area (Å²) in [5.74, 6) is 0.635. The summed E-state index contributed by atoms with van der Waals surface area (Å²) in [6.07, 6.45) is 10.7. The van der Waals surface area contributed by atoms with Crippen molar-refractivity contribution in [2.24, 2.45) is 0 Å². The van der Waals surface area contributed by atoms with E-state index < -0.39 is 0 Å². The van der Waals surface area contributed by atoms with Gasteiger partial charge >= 0.3 is 5.97 Å². The quantitative estimate of drug-likeness (QED) is 0.204. The molecule has 0 fully saturated rings. The third kappa shape index (κ3) is 19.6. The van der Waals surface area contributed by atoms with Crippen LogP contribution in [0.1, 0.15) is 71.1 Å². The summed E-state index contributed by atoms with van der Waals surface area (Å²) in [5.41, 5.74) is 0. The molecule has 0 aromatic carbocycles. The molecule has 5 heteroatoms. The molecular formula is C18H35ClO4. The van der Waals surface area contributed by atoms with E-state index in [0.29, 0.717) is 32.8 Å². The van der Waals surface area contributed by atoms with Crippen LogP contribution in [0.5, 0.6) is 0 Å². The molecule has 0 N–H and O–H groups in total. The molecule has 0 saturated heterocycles. The normalized spacial score (nSPS) is 10.9. The largest absolute Gasteiger partial charge is 0.463 e. The first-order valence-electron chi connectivity index (χ1n) is 9.18. The lowest BCUT2D eigenvalue weighted by Gasteiger charge is -2.07. The van der Waals surface area contributed by atoms with E-state index in [2.05, 4.69) is 6.92 Å². The summed E-state index contributed by atoms with van der Waals surface area (Å²) in [7, 11) is 0. The first kappa shape index (κ1) is 22.7. The Kier molecular flexibility index (Phi) is 19.5. The molecule has 0 aliphatic heterocycles. The van der Waals surface area contributed by atoms with Gasteiger partial charge in [-0.15, -0.1) is 11.6 Å². The second kappa shape index (κ2) is 19.7. The maximum absolute atomic E-state index is 11.4. The fourth-order valence-corrected chi connectivity index (χ4v) is 2.32. The minimum Gasteiger partial charge on any atom is -0.463 e. The van der Waals surface area contributed by atoms with Gasteiger partial charge in [0.2, 0.25) is 0 Å². The first-order valence-corrected chi connectivity index (χ1v) is 9.71. The summed E-state index contributed by atoms with van der Waals surface area (Å²) < 4.78 is 15.9. The van der Waals surface area contributed by atoms with Crippen molar-refractivity contribution >= 4 is 17.6 Å².